The Morgan fingerprint density at radius 2 is 2.04 bits per heavy atom. The summed E-state index contributed by atoms with van der Waals surface area (Å²) in [5.74, 6) is -0.186. The van der Waals surface area contributed by atoms with Crippen LogP contribution in [0.25, 0.3) is 4.96 Å². The van der Waals surface area contributed by atoms with Crippen LogP contribution in [-0.2, 0) is 4.74 Å². The van der Waals surface area contributed by atoms with E-state index in [4.69, 9.17) is 4.74 Å². The fraction of sp³-hybridized carbons (Fsp3) is 0.368. The molecule has 1 aliphatic heterocycles. The zero-order valence-electron chi connectivity index (χ0n) is 15.5. The second-order valence-corrected chi connectivity index (χ2v) is 7.61. The molecule has 4 rings (SSSR count). The molecule has 0 bridgehead atoms. The van der Waals surface area contributed by atoms with E-state index in [9.17, 15) is 9.59 Å². The number of aromatic nitrogens is 3. The molecular weight excluding hydrogens is 378 g/mol. The van der Waals surface area contributed by atoms with E-state index in [-0.39, 0.29) is 17.5 Å². The Morgan fingerprint density at radius 1 is 1.29 bits per heavy atom. The molecule has 3 heterocycles. The van der Waals surface area contributed by atoms with Gasteiger partial charge in [-0.2, -0.15) is 9.50 Å². The van der Waals surface area contributed by atoms with Crippen molar-refractivity contribution in [2.45, 2.75) is 12.8 Å². The predicted molar refractivity (Wildman–Crippen MR) is 107 cm³/mol. The summed E-state index contributed by atoms with van der Waals surface area (Å²) in [6.07, 6.45) is 0. The third kappa shape index (κ3) is 3.90. The molecular formula is C19H21N5O3S. The zero-order chi connectivity index (χ0) is 19.5. The number of carbonyl (C=O) groups excluding carboxylic acids is 1. The SMILES string of the molecule is C[C@H](CNC(=O)c1cc(=O)nc2sc(N3CCOCC3)nn12)c1ccccc1. The number of hydrogen-bond donors (Lipinski definition) is 1. The normalized spacial score (nSPS) is 15.5. The Labute approximate surface area is 165 Å². The molecule has 0 unspecified atom stereocenters. The Hall–Kier alpha value is -2.78. The Balaban J connectivity index is 1.56. The summed E-state index contributed by atoms with van der Waals surface area (Å²) >= 11 is 1.30. The maximum absolute atomic E-state index is 12.8. The van der Waals surface area contributed by atoms with Gasteiger partial charge in [-0.3, -0.25) is 9.59 Å². The number of nitrogens with zero attached hydrogens (tertiary/aromatic N) is 4. The van der Waals surface area contributed by atoms with Crippen molar-refractivity contribution in [3.8, 4) is 0 Å². The molecule has 1 amide bonds. The number of carbonyl (C=O) groups is 1. The molecule has 1 aliphatic rings. The lowest BCUT2D eigenvalue weighted by Gasteiger charge is -2.25. The maximum Gasteiger partial charge on any atom is 0.274 e. The van der Waals surface area contributed by atoms with Crippen molar-refractivity contribution >= 4 is 27.3 Å². The molecule has 2 aromatic heterocycles. The summed E-state index contributed by atoms with van der Waals surface area (Å²) in [5, 5.41) is 8.17. The molecule has 0 saturated carbocycles. The lowest BCUT2D eigenvalue weighted by Crippen LogP contribution is -2.36. The van der Waals surface area contributed by atoms with Crippen LogP contribution in [-0.4, -0.2) is 53.4 Å². The van der Waals surface area contributed by atoms with E-state index in [1.54, 1.807) is 0 Å². The average Bonchev–Trinajstić information content (AvgIpc) is 3.16. The molecule has 0 aliphatic carbocycles. The lowest BCUT2D eigenvalue weighted by molar-refractivity contribution is 0.0943. The van der Waals surface area contributed by atoms with Crippen LogP contribution in [0.4, 0.5) is 5.13 Å². The van der Waals surface area contributed by atoms with Crippen molar-refractivity contribution in [2.75, 3.05) is 37.7 Å². The van der Waals surface area contributed by atoms with Crippen LogP contribution < -0.4 is 15.8 Å². The second-order valence-electron chi connectivity index (χ2n) is 6.68. The van der Waals surface area contributed by atoms with E-state index in [2.05, 4.69) is 20.3 Å². The van der Waals surface area contributed by atoms with Gasteiger partial charge in [0, 0.05) is 25.7 Å². The van der Waals surface area contributed by atoms with Gasteiger partial charge in [0.05, 0.1) is 13.2 Å². The van der Waals surface area contributed by atoms with Crippen LogP contribution >= 0.6 is 11.3 Å². The standard InChI is InChI=1S/C19H21N5O3S/c1-13(14-5-3-2-4-6-14)12-20-17(26)15-11-16(25)21-18-24(15)22-19(28-18)23-7-9-27-10-8-23/h2-6,11,13H,7-10,12H2,1H3,(H,20,26)/t13-/m1/s1. The van der Waals surface area contributed by atoms with Crippen LogP contribution in [0, 0.1) is 0 Å². The van der Waals surface area contributed by atoms with E-state index in [0.29, 0.717) is 24.7 Å². The minimum atomic E-state index is -0.446. The van der Waals surface area contributed by atoms with E-state index in [1.807, 2.05) is 37.3 Å². The van der Waals surface area contributed by atoms with Gasteiger partial charge in [-0.15, -0.1) is 5.10 Å². The number of fused-ring (bicyclic) bond motifs is 1. The fourth-order valence-corrected chi connectivity index (χ4v) is 4.04. The van der Waals surface area contributed by atoms with Crippen molar-refractivity contribution in [1.82, 2.24) is 19.9 Å². The molecule has 0 radical (unpaired) electrons. The minimum absolute atomic E-state index is 0.151. The first kappa shape index (κ1) is 18.6. The summed E-state index contributed by atoms with van der Waals surface area (Å²) in [4.78, 5) is 31.2. The summed E-state index contributed by atoms with van der Waals surface area (Å²) in [6, 6.07) is 11.2. The minimum Gasteiger partial charge on any atom is -0.378 e. The summed E-state index contributed by atoms with van der Waals surface area (Å²) in [6.45, 7) is 5.21. The number of benzene rings is 1. The van der Waals surface area contributed by atoms with Gasteiger partial charge < -0.3 is 15.0 Å². The average molecular weight is 399 g/mol. The molecule has 1 aromatic carbocycles. The van der Waals surface area contributed by atoms with Crippen molar-refractivity contribution in [3.05, 3.63) is 58.0 Å². The number of rotatable bonds is 5. The molecule has 0 spiro atoms. The number of anilines is 1. The first-order chi connectivity index (χ1) is 13.6. The number of morpholine rings is 1. The molecule has 146 valence electrons. The van der Waals surface area contributed by atoms with Gasteiger partial charge in [-0.1, -0.05) is 48.6 Å². The smallest absolute Gasteiger partial charge is 0.274 e. The number of ether oxygens (including phenoxy) is 1. The third-order valence-electron chi connectivity index (χ3n) is 4.70. The highest BCUT2D eigenvalue weighted by atomic mass is 32.1. The van der Waals surface area contributed by atoms with Gasteiger partial charge >= 0.3 is 0 Å². The molecule has 1 saturated heterocycles. The Kier molecular flexibility index (Phi) is 5.36. The predicted octanol–water partition coefficient (Wildman–Crippen LogP) is 1.52. The van der Waals surface area contributed by atoms with Gasteiger partial charge in [-0.05, 0) is 11.5 Å². The quantitative estimate of drug-likeness (QED) is 0.700. The van der Waals surface area contributed by atoms with Crippen molar-refractivity contribution < 1.29 is 9.53 Å². The summed E-state index contributed by atoms with van der Waals surface area (Å²) in [7, 11) is 0. The number of amides is 1. The molecule has 1 N–H and O–H groups in total. The van der Waals surface area contributed by atoms with Gasteiger partial charge in [0.1, 0.15) is 5.69 Å². The van der Waals surface area contributed by atoms with Crippen LogP contribution in [0.1, 0.15) is 28.9 Å². The van der Waals surface area contributed by atoms with Crippen molar-refractivity contribution in [1.29, 1.82) is 0 Å². The third-order valence-corrected chi connectivity index (χ3v) is 5.66. The van der Waals surface area contributed by atoms with Crippen LogP contribution in [0.15, 0.2) is 41.2 Å². The molecule has 28 heavy (non-hydrogen) atoms. The van der Waals surface area contributed by atoms with Gasteiger partial charge in [0.25, 0.3) is 11.5 Å². The van der Waals surface area contributed by atoms with E-state index in [1.165, 1.54) is 21.9 Å². The topological polar surface area (TPSA) is 88.8 Å². The van der Waals surface area contributed by atoms with Gasteiger partial charge in [0.2, 0.25) is 10.1 Å². The van der Waals surface area contributed by atoms with E-state index < -0.39 is 5.56 Å². The highest BCUT2D eigenvalue weighted by Crippen LogP contribution is 2.23. The van der Waals surface area contributed by atoms with Crippen molar-refractivity contribution in [3.63, 3.8) is 0 Å². The van der Waals surface area contributed by atoms with Gasteiger partial charge in [-0.25, -0.2) is 0 Å². The molecule has 8 nitrogen and oxygen atoms in total. The monoisotopic (exact) mass is 399 g/mol. The van der Waals surface area contributed by atoms with E-state index in [0.717, 1.165) is 23.8 Å². The molecule has 9 heteroatoms. The largest absolute Gasteiger partial charge is 0.378 e. The molecule has 1 fully saturated rings. The van der Waals surface area contributed by atoms with Crippen LogP contribution in [0.3, 0.4) is 0 Å². The zero-order valence-corrected chi connectivity index (χ0v) is 16.3. The summed E-state index contributed by atoms with van der Waals surface area (Å²) < 4.78 is 6.82. The van der Waals surface area contributed by atoms with Crippen LogP contribution in [0.2, 0.25) is 0 Å². The summed E-state index contributed by atoms with van der Waals surface area (Å²) in [5.41, 5.74) is 0.896. The number of hydrogen-bond acceptors (Lipinski definition) is 7. The fourth-order valence-electron chi connectivity index (χ4n) is 3.09. The van der Waals surface area contributed by atoms with Crippen molar-refractivity contribution in [2.24, 2.45) is 0 Å². The highest BCUT2D eigenvalue weighted by molar-refractivity contribution is 7.20. The Morgan fingerprint density at radius 3 is 2.79 bits per heavy atom. The first-order valence-corrected chi connectivity index (χ1v) is 10.0. The van der Waals surface area contributed by atoms with Crippen LogP contribution in [0.5, 0.6) is 0 Å². The first-order valence-electron chi connectivity index (χ1n) is 9.18. The second kappa shape index (κ2) is 8.07. The van der Waals surface area contributed by atoms with Gasteiger partial charge in [0.15, 0.2) is 0 Å². The highest BCUT2D eigenvalue weighted by Gasteiger charge is 2.20. The number of nitrogens with one attached hydrogen (secondary N) is 1. The Bertz CT molecular complexity index is 1030. The molecule has 3 aromatic rings. The maximum atomic E-state index is 12.8. The molecule has 1 atom stereocenters. The van der Waals surface area contributed by atoms with E-state index >= 15 is 0 Å². The lowest BCUT2D eigenvalue weighted by atomic mass is 10.0.